The Bertz CT molecular complexity index is 598. The van der Waals surface area contributed by atoms with Gasteiger partial charge in [0.1, 0.15) is 5.82 Å². The summed E-state index contributed by atoms with van der Waals surface area (Å²) in [6.07, 6.45) is 0. The van der Waals surface area contributed by atoms with E-state index in [1.165, 1.54) is 11.6 Å². The van der Waals surface area contributed by atoms with Crippen LogP contribution in [0, 0.1) is 12.7 Å². The number of nitrogens with zero attached hydrogens (tertiary/aromatic N) is 1. The molecule has 0 bridgehead atoms. The highest BCUT2D eigenvalue weighted by Crippen LogP contribution is 2.24. The lowest BCUT2D eigenvalue weighted by molar-refractivity contribution is 0.241. The van der Waals surface area contributed by atoms with Gasteiger partial charge in [0.05, 0.1) is 0 Å². The highest BCUT2D eigenvalue weighted by molar-refractivity contribution is 6.30. The Morgan fingerprint density at radius 2 is 1.86 bits per heavy atom. The molecule has 0 heterocycles. The summed E-state index contributed by atoms with van der Waals surface area (Å²) >= 11 is 5.90. The largest absolute Gasteiger partial charge is 0.329 e. The molecule has 0 fully saturated rings. The molecule has 1 unspecified atom stereocenters. The van der Waals surface area contributed by atoms with E-state index in [0.717, 1.165) is 22.7 Å². The fourth-order valence-electron chi connectivity index (χ4n) is 2.55. The van der Waals surface area contributed by atoms with Gasteiger partial charge in [-0.1, -0.05) is 29.8 Å². The second-order valence-corrected chi connectivity index (χ2v) is 5.73. The first-order chi connectivity index (χ1) is 10.0. The van der Waals surface area contributed by atoms with Gasteiger partial charge in [0, 0.05) is 24.2 Å². The average molecular weight is 307 g/mol. The van der Waals surface area contributed by atoms with Gasteiger partial charge in [-0.15, -0.1) is 0 Å². The third kappa shape index (κ3) is 4.03. The first-order valence-electron chi connectivity index (χ1n) is 6.92. The van der Waals surface area contributed by atoms with Crippen molar-refractivity contribution < 1.29 is 4.39 Å². The summed E-state index contributed by atoms with van der Waals surface area (Å²) in [5.41, 5.74) is 9.09. The van der Waals surface area contributed by atoms with Crippen molar-refractivity contribution >= 4 is 11.6 Å². The van der Waals surface area contributed by atoms with E-state index in [1.54, 1.807) is 6.07 Å². The predicted octanol–water partition coefficient (Wildman–Crippen LogP) is 3.92. The van der Waals surface area contributed by atoms with Gasteiger partial charge in [0.15, 0.2) is 0 Å². The van der Waals surface area contributed by atoms with Crippen molar-refractivity contribution in [2.45, 2.75) is 19.5 Å². The Morgan fingerprint density at radius 3 is 2.43 bits per heavy atom. The summed E-state index contributed by atoms with van der Waals surface area (Å²) < 4.78 is 13.2. The SMILES string of the molecule is Cc1cc(F)ccc1C(CN)N(C)Cc1ccc(Cl)cc1. The van der Waals surface area contributed by atoms with Crippen molar-refractivity contribution in [2.75, 3.05) is 13.6 Å². The van der Waals surface area contributed by atoms with E-state index < -0.39 is 0 Å². The molecule has 4 heteroatoms. The van der Waals surface area contributed by atoms with Crippen LogP contribution in [0.25, 0.3) is 0 Å². The summed E-state index contributed by atoms with van der Waals surface area (Å²) in [6, 6.07) is 12.7. The zero-order valence-corrected chi connectivity index (χ0v) is 13.1. The van der Waals surface area contributed by atoms with Crippen LogP contribution in [-0.4, -0.2) is 18.5 Å². The van der Waals surface area contributed by atoms with E-state index in [0.29, 0.717) is 6.54 Å². The van der Waals surface area contributed by atoms with Crippen molar-refractivity contribution in [1.82, 2.24) is 4.90 Å². The average Bonchev–Trinajstić information content (AvgIpc) is 2.44. The van der Waals surface area contributed by atoms with Gasteiger partial charge in [-0.3, -0.25) is 4.90 Å². The van der Waals surface area contributed by atoms with E-state index in [-0.39, 0.29) is 11.9 Å². The number of rotatable bonds is 5. The molecule has 2 aromatic rings. The van der Waals surface area contributed by atoms with E-state index in [1.807, 2.05) is 44.3 Å². The van der Waals surface area contributed by atoms with Crippen LogP contribution in [0.5, 0.6) is 0 Å². The summed E-state index contributed by atoms with van der Waals surface area (Å²) in [4.78, 5) is 2.17. The van der Waals surface area contributed by atoms with Crippen LogP contribution in [-0.2, 0) is 6.54 Å². The number of aryl methyl sites for hydroxylation is 1. The van der Waals surface area contributed by atoms with Gasteiger partial charge in [-0.25, -0.2) is 4.39 Å². The van der Waals surface area contributed by atoms with E-state index >= 15 is 0 Å². The van der Waals surface area contributed by atoms with Gasteiger partial charge in [0.25, 0.3) is 0 Å². The Kier molecular flexibility index (Phi) is 5.34. The molecule has 21 heavy (non-hydrogen) atoms. The summed E-state index contributed by atoms with van der Waals surface area (Å²) in [6.45, 7) is 3.16. The van der Waals surface area contributed by atoms with Crippen LogP contribution in [0.2, 0.25) is 5.02 Å². The molecule has 1 atom stereocenters. The Labute approximate surface area is 130 Å². The molecule has 0 aliphatic heterocycles. The van der Waals surface area contributed by atoms with Gasteiger partial charge >= 0.3 is 0 Å². The lowest BCUT2D eigenvalue weighted by atomic mass is 9.99. The molecule has 0 aliphatic rings. The molecule has 0 aromatic heterocycles. The molecule has 0 spiro atoms. The fraction of sp³-hybridized carbons (Fsp3) is 0.294. The minimum Gasteiger partial charge on any atom is -0.329 e. The van der Waals surface area contributed by atoms with Gasteiger partial charge in [-0.2, -0.15) is 0 Å². The second kappa shape index (κ2) is 7.03. The van der Waals surface area contributed by atoms with Crippen LogP contribution < -0.4 is 5.73 Å². The molecule has 0 amide bonds. The number of hydrogen-bond donors (Lipinski definition) is 1. The van der Waals surface area contributed by atoms with Crippen molar-refractivity contribution in [1.29, 1.82) is 0 Å². The quantitative estimate of drug-likeness (QED) is 0.907. The van der Waals surface area contributed by atoms with Crippen molar-refractivity contribution in [2.24, 2.45) is 5.73 Å². The highest BCUT2D eigenvalue weighted by atomic mass is 35.5. The topological polar surface area (TPSA) is 29.3 Å². The van der Waals surface area contributed by atoms with Gasteiger partial charge in [-0.05, 0) is 54.9 Å². The first kappa shape index (κ1) is 16.0. The van der Waals surface area contributed by atoms with Crippen molar-refractivity contribution in [3.05, 3.63) is 70.0 Å². The normalized spacial score (nSPS) is 12.7. The molecule has 112 valence electrons. The Morgan fingerprint density at radius 1 is 1.19 bits per heavy atom. The molecular formula is C17H20ClFN2. The Hall–Kier alpha value is -1.42. The predicted molar refractivity (Wildman–Crippen MR) is 85.9 cm³/mol. The molecule has 2 aromatic carbocycles. The molecule has 2 N–H and O–H groups in total. The van der Waals surface area contributed by atoms with E-state index in [2.05, 4.69) is 4.90 Å². The van der Waals surface area contributed by atoms with Crippen molar-refractivity contribution in [3.63, 3.8) is 0 Å². The maximum atomic E-state index is 13.2. The second-order valence-electron chi connectivity index (χ2n) is 5.29. The zero-order valence-electron chi connectivity index (χ0n) is 12.3. The summed E-state index contributed by atoms with van der Waals surface area (Å²) in [7, 11) is 2.02. The molecule has 0 saturated carbocycles. The maximum absolute atomic E-state index is 13.2. The Balaban J connectivity index is 2.18. The molecule has 0 radical (unpaired) electrons. The summed E-state index contributed by atoms with van der Waals surface area (Å²) in [5, 5.41) is 0.728. The van der Waals surface area contributed by atoms with Crippen LogP contribution in [0.4, 0.5) is 4.39 Å². The van der Waals surface area contributed by atoms with Crippen LogP contribution >= 0.6 is 11.6 Å². The molecular weight excluding hydrogens is 287 g/mol. The number of hydrogen-bond acceptors (Lipinski definition) is 2. The molecule has 0 saturated heterocycles. The monoisotopic (exact) mass is 306 g/mol. The maximum Gasteiger partial charge on any atom is 0.123 e. The standard InChI is InChI=1S/C17H20ClFN2/c1-12-9-15(19)7-8-16(12)17(10-20)21(2)11-13-3-5-14(18)6-4-13/h3-9,17H,10-11,20H2,1-2H3. The zero-order chi connectivity index (χ0) is 15.4. The minimum atomic E-state index is -0.215. The third-order valence-electron chi connectivity index (χ3n) is 3.69. The van der Waals surface area contributed by atoms with Gasteiger partial charge in [0.2, 0.25) is 0 Å². The highest BCUT2D eigenvalue weighted by Gasteiger charge is 2.17. The number of halogens is 2. The van der Waals surface area contributed by atoms with Crippen LogP contribution in [0.1, 0.15) is 22.7 Å². The lowest BCUT2D eigenvalue weighted by Gasteiger charge is -2.28. The smallest absolute Gasteiger partial charge is 0.123 e. The van der Waals surface area contributed by atoms with Crippen molar-refractivity contribution in [3.8, 4) is 0 Å². The van der Waals surface area contributed by atoms with E-state index in [9.17, 15) is 4.39 Å². The fourth-order valence-corrected chi connectivity index (χ4v) is 2.67. The molecule has 0 aliphatic carbocycles. The number of benzene rings is 2. The lowest BCUT2D eigenvalue weighted by Crippen LogP contribution is -2.30. The molecule has 2 rings (SSSR count). The van der Waals surface area contributed by atoms with E-state index in [4.69, 9.17) is 17.3 Å². The summed E-state index contributed by atoms with van der Waals surface area (Å²) in [5.74, 6) is -0.215. The van der Waals surface area contributed by atoms with Gasteiger partial charge < -0.3 is 5.73 Å². The third-order valence-corrected chi connectivity index (χ3v) is 3.94. The van der Waals surface area contributed by atoms with Crippen LogP contribution in [0.15, 0.2) is 42.5 Å². The number of likely N-dealkylation sites (N-methyl/N-ethyl adjacent to an activating group) is 1. The van der Waals surface area contributed by atoms with Crippen LogP contribution in [0.3, 0.4) is 0 Å². The first-order valence-corrected chi connectivity index (χ1v) is 7.30. The molecule has 2 nitrogen and oxygen atoms in total. The number of nitrogens with two attached hydrogens (primary N) is 1. The minimum absolute atomic E-state index is 0.0567.